The number of rotatable bonds is 2. The molecule has 0 radical (unpaired) electrons. The van der Waals surface area contributed by atoms with Crippen LogP contribution in [0.5, 0.6) is 0 Å². The van der Waals surface area contributed by atoms with E-state index in [1.807, 2.05) is 0 Å². The summed E-state index contributed by atoms with van der Waals surface area (Å²) in [5, 5.41) is 8.59. The zero-order chi connectivity index (χ0) is 14.0. The summed E-state index contributed by atoms with van der Waals surface area (Å²) < 4.78 is 0. The van der Waals surface area contributed by atoms with Gasteiger partial charge < -0.3 is 0 Å². The second-order valence-corrected chi connectivity index (χ2v) is 4.21. The third-order valence-electron chi connectivity index (χ3n) is 2.59. The maximum atomic E-state index is 12.0. The van der Waals surface area contributed by atoms with Gasteiger partial charge in [-0.15, -0.1) is 0 Å². The molecule has 19 heavy (non-hydrogen) atoms. The smallest absolute Gasteiger partial charge is 0.291 e. The summed E-state index contributed by atoms with van der Waals surface area (Å²) in [7, 11) is 1.52. The summed E-state index contributed by atoms with van der Waals surface area (Å²) in [5.41, 5.74) is 0.837. The van der Waals surface area contributed by atoms with E-state index >= 15 is 0 Å². The number of urea groups is 1. The van der Waals surface area contributed by atoms with Crippen molar-refractivity contribution in [3.8, 4) is 6.07 Å². The number of carbonyl (C=O) groups is 2. The highest BCUT2D eigenvalue weighted by Crippen LogP contribution is 2.21. The minimum absolute atomic E-state index is 0.0426. The van der Waals surface area contributed by atoms with Crippen molar-refractivity contribution in [2.45, 2.75) is 6.54 Å². The van der Waals surface area contributed by atoms with Crippen molar-refractivity contribution in [1.82, 2.24) is 19.8 Å². The average Bonchev–Trinajstić information content (AvgIpc) is 2.63. The first-order valence-electron chi connectivity index (χ1n) is 5.19. The number of nitrogens with zero attached hydrogens (tertiary/aromatic N) is 5. The maximum Gasteiger partial charge on any atom is 0.331 e. The predicted octanol–water partition coefficient (Wildman–Crippen LogP) is 0.979. The Labute approximate surface area is 117 Å². The zero-order valence-electron chi connectivity index (χ0n) is 9.87. The van der Waals surface area contributed by atoms with Gasteiger partial charge in [0.1, 0.15) is 11.8 Å². The van der Waals surface area contributed by atoms with Gasteiger partial charge in [-0.05, 0) is 0 Å². The Kier molecular flexibility index (Phi) is 3.57. The molecule has 2 heterocycles. The van der Waals surface area contributed by atoms with E-state index in [-0.39, 0.29) is 18.1 Å². The number of halogens is 1. The lowest BCUT2D eigenvalue weighted by Gasteiger charge is -2.12. The van der Waals surface area contributed by atoms with Crippen molar-refractivity contribution in [3.63, 3.8) is 0 Å². The summed E-state index contributed by atoms with van der Waals surface area (Å²) in [6.45, 7) is 0.0675. The molecule has 8 heteroatoms. The van der Waals surface area contributed by atoms with Gasteiger partial charge in [0, 0.05) is 30.0 Å². The molecule has 1 saturated heterocycles. The van der Waals surface area contributed by atoms with Crippen LogP contribution < -0.4 is 0 Å². The number of carbonyl (C=O) groups excluding carboxylic acids is 2. The Morgan fingerprint density at radius 3 is 2.53 bits per heavy atom. The SMILES string of the molecule is CN1C(=O)N(Cc2cnc(C#N)nc2)C(=O)/C1=C/Br. The first-order valence-corrected chi connectivity index (χ1v) is 6.11. The van der Waals surface area contributed by atoms with Gasteiger partial charge in [-0.25, -0.2) is 14.8 Å². The molecule has 1 fully saturated rings. The molecule has 96 valence electrons. The molecule has 2 rings (SSSR count). The number of aromatic nitrogens is 2. The molecule has 0 spiro atoms. The van der Waals surface area contributed by atoms with Crippen LogP contribution in [0.15, 0.2) is 23.1 Å². The molecule has 7 nitrogen and oxygen atoms in total. The Morgan fingerprint density at radius 2 is 2.05 bits per heavy atom. The maximum absolute atomic E-state index is 12.0. The molecule has 0 N–H and O–H groups in total. The molecule has 0 aliphatic carbocycles. The van der Waals surface area contributed by atoms with Crippen molar-refractivity contribution < 1.29 is 9.59 Å². The monoisotopic (exact) mass is 321 g/mol. The van der Waals surface area contributed by atoms with Crippen molar-refractivity contribution in [3.05, 3.63) is 34.5 Å². The van der Waals surface area contributed by atoms with Crippen LogP contribution in [-0.2, 0) is 11.3 Å². The van der Waals surface area contributed by atoms with Crippen molar-refractivity contribution >= 4 is 27.9 Å². The minimum Gasteiger partial charge on any atom is -0.291 e. The summed E-state index contributed by atoms with van der Waals surface area (Å²) in [5.74, 6) is -0.352. The van der Waals surface area contributed by atoms with Crippen LogP contribution in [0.25, 0.3) is 0 Å². The topological polar surface area (TPSA) is 90.2 Å². The number of imide groups is 1. The number of hydrogen-bond donors (Lipinski definition) is 0. The molecular formula is C11H8BrN5O2. The highest BCUT2D eigenvalue weighted by molar-refractivity contribution is 9.11. The average molecular weight is 322 g/mol. The molecule has 1 aromatic rings. The van der Waals surface area contributed by atoms with Gasteiger partial charge in [-0.1, -0.05) is 15.9 Å². The lowest BCUT2D eigenvalue weighted by atomic mass is 10.3. The quantitative estimate of drug-likeness (QED) is 0.598. The van der Waals surface area contributed by atoms with E-state index in [1.54, 1.807) is 6.07 Å². The van der Waals surface area contributed by atoms with E-state index in [2.05, 4.69) is 25.9 Å². The lowest BCUT2D eigenvalue weighted by Crippen LogP contribution is -2.31. The number of hydrogen-bond acceptors (Lipinski definition) is 5. The summed E-state index contributed by atoms with van der Waals surface area (Å²) in [6.07, 6.45) is 2.84. The van der Waals surface area contributed by atoms with Gasteiger partial charge in [0.25, 0.3) is 5.91 Å². The summed E-state index contributed by atoms with van der Waals surface area (Å²) in [6, 6.07) is 1.38. The van der Waals surface area contributed by atoms with Crippen molar-refractivity contribution in [2.24, 2.45) is 0 Å². The van der Waals surface area contributed by atoms with Crippen LogP contribution in [0.2, 0.25) is 0 Å². The number of amides is 3. The fourth-order valence-electron chi connectivity index (χ4n) is 1.59. The van der Waals surface area contributed by atoms with Gasteiger partial charge >= 0.3 is 6.03 Å². The summed E-state index contributed by atoms with van der Waals surface area (Å²) >= 11 is 3.05. The van der Waals surface area contributed by atoms with Gasteiger partial charge in [-0.3, -0.25) is 14.6 Å². The van der Waals surface area contributed by atoms with Crippen LogP contribution in [0, 0.1) is 11.3 Å². The largest absolute Gasteiger partial charge is 0.331 e. The normalized spacial score (nSPS) is 17.2. The highest BCUT2D eigenvalue weighted by atomic mass is 79.9. The lowest BCUT2D eigenvalue weighted by molar-refractivity contribution is -0.123. The van der Waals surface area contributed by atoms with Crippen LogP contribution >= 0.6 is 15.9 Å². The molecule has 0 saturated carbocycles. The Morgan fingerprint density at radius 1 is 1.42 bits per heavy atom. The second-order valence-electron chi connectivity index (χ2n) is 3.75. The van der Waals surface area contributed by atoms with Gasteiger partial charge in [0.15, 0.2) is 0 Å². The Balaban J connectivity index is 2.21. The second kappa shape index (κ2) is 5.16. The van der Waals surface area contributed by atoms with Gasteiger partial charge in [0.05, 0.1) is 6.54 Å². The molecule has 0 bridgehead atoms. The standard InChI is InChI=1S/C11H8BrN5O2/c1-16-8(2-12)10(18)17(11(16)19)6-7-4-14-9(3-13)15-5-7/h2,4-5H,6H2,1H3/b8-2-. The fraction of sp³-hybridized carbons (Fsp3) is 0.182. The van der Waals surface area contributed by atoms with E-state index < -0.39 is 11.9 Å². The van der Waals surface area contributed by atoms with Crippen LogP contribution in [0.1, 0.15) is 11.4 Å². The van der Waals surface area contributed by atoms with Crippen LogP contribution in [-0.4, -0.2) is 38.8 Å². The van der Waals surface area contributed by atoms with E-state index in [1.165, 1.54) is 29.3 Å². The number of nitriles is 1. The van der Waals surface area contributed by atoms with Crippen molar-refractivity contribution in [2.75, 3.05) is 7.05 Å². The fourth-order valence-corrected chi connectivity index (χ4v) is 2.09. The molecule has 0 atom stereocenters. The first kappa shape index (κ1) is 13.2. The molecule has 3 amide bonds. The predicted molar refractivity (Wildman–Crippen MR) is 67.5 cm³/mol. The summed E-state index contributed by atoms with van der Waals surface area (Å²) in [4.78, 5) is 35.2. The molecule has 0 unspecified atom stereocenters. The highest BCUT2D eigenvalue weighted by Gasteiger charge is 2.38. The molecule has 1 aliphatic heterocycles. The Bertz CT molecular complexity index is 605. The van der Waals surface area contributed by atoms with Crippen LogP contribution in [0.4, 0.5) is 4.79 Å². The third kappa shape index (κ3) is 2.32. The zero-order valence-corrected chi connectivity index (χ0v) is 11.5. The van der Waals surface area contributed by atoms with E-state index in [9.17, 15) is 9.59 Å². The Hall–Kier alpha value is -2.27. The minimum atomic E-state index is -0.417. The number of likely N-dealkylation sites (N-methyl/N-ethyl adjacent to an activating group) is 1. The molecule has 1 aliphatic rings. The molecular weight excluding hydrogens is 314 g/mol. The third-order valence-corrected chi connectivity index (χ3v) is 3.03. The van der Waals surface area contributed by atoms with E-state index in [0.29, 0.717) is 5.56 Å². The van der Waals surface area contributed by atoms with E-state index in [4.69, 9.17) is 5.26 Å². The van der Waals surface area contributed by atoms with Gasteiger partial charge in [0.2, 0.25) is 5.82 Å². The first-order chi connectivity index (χ1) is 9.08. The molecule has 1 aromatic heterocycles. The van der Waals surface area contributed by atoms with Gasteiger partial charge in [-0.2, -0.15) is 5.26 Å². The van der Waals surface area contributed by atoms with E-state index in [0.717, 1.165) is 4.90 Å². The van der Waals surface area contributed by atoms with Crippen molar-refractivity contribution in [1.29, 1.82) is 5.26 Å². The van der Waals surface area contributed by atoms with Crippen LogP contribution in [0.3, 0.4) is 0 Å². The molecule has 0 aromatic carbocycles.